The fraction of sp³-hybridized carbons (Fsp3) is 0.500. The Kier molecular flexibility index (Phi) is 5.70. The van der Waals surface area contributed by atoms with Gasteiger partial charge in [-0.15, -0.1) is 0 Å². The molecular formula is C14H21NO2. The number of ketones is 1. The molecule has 1 aromatic rings. The number of carbonyl (C=O) groups is 1. The molecule has 3 nitrogen and oxygen atoms in total. The first-order chi connectivity index (χ1) is 8.19. The number of ether oxygens (including phenoxy) is 1. The Morgan fingerprint density at radius 3 is 2.76 bits per heavy atom. The van der Waals surface area contributed by atoms with Crippen LogP contribution in [0, 0.1) is 6.92 Å². The molecule has 0 unspecified atom stereocenters. The average Bonchev–Trinajstić information content (AvgIpc) is 2.32. The summed E-state index contributed by atoms with van der Waals surface area (Å²) in [6.45, 7) is 5.45. The van der Waals surface area contributed by atoms with Crippen molar-refractivity contribution in [1.29, 1.82) is 0 Å². The van der Waals surface area contributed by atoms with Crippen LogP contribution in [0.25, 0.3) is 0 Å². The molecule has 0 heterocycles. The number of carbonyl (C=O) groups excluding carboxylic acids is 1. The lowest BCUT2D eigenvalue weighted by Crippen LogP contribution is -2.10. The number of rotatable bonds is 7. The van der Waals surface area contributed by atoms with E-state index >= 15 is 0 Å². The van der Waals surface area contributed by atoms with Crippen molar-refractivity contribution in [3.05, 3.63) is 29.3 Å². The number of aryl methyl sites for hydroxylation is 1. The van der Waals surface area contributed by atoms with E-state index in [-0.39, 0.29) is 5.78 Å². The number of benzene rings is 1. The fourth-order valence-electron chi connectivity index (χ4n) is 1.71. The maximum Gasteiger partial charge on any atom is 0.162 e. The number of nitrogens with one attached hydrogen (secondary N) is 1. The summed E-state index contributed by atoms with van der Waals surface area (Å²) in [7, 11) is 1.89. The second-order valence-corrected chi connectivity index (χ2v) is 4.04. The SMILES string of the molecule is CCOc1ccc(C(=O)CCCNC)cc1C. The van der Waals surface area contributed by atoms with Crippen LogP contribution in [0.5, 0.6) is 5.75 Å². The summed E-state index contributed by atoms with van der Waals surface area (Å²) in [6.07, 6.45) is 1.47. The van der Waals surface area contributed by atoms with Crippen molar-refractivity contribution in [1.82, 2.24) is 5.32 Å². The molecule has 0 saturated carbocycles. The molecule has 0 spiro atoms. The molecule has 0 amide bonds. The van der Waals surface area contributed by atoms with Gasteiger partial charge in [-0.1, -0.05) is 0 Å². The smallest absolute Gasteiger partial charge is 0.162 e. The van der Waals surface area contributed by atoms with Crippen LogP contribution in [-0.4, -0.2) is 26.0 Å². The zero-order valence-corrected chi connectivity index (χ0v) is 10.9. The summed E-state index contributed by atoms with van der Waals surface area (Å²) in [5.74, 6) is 1.06. The lowest BCUT2D eigenvalue weighted by atomic mass is 10.0. The Hall–Kier alpha value is -1.35. The van der Waals surface area contributed by atoms with Crippen molar-refractivity contribution < 1.29 is 9.53 Å². The molecule has 3 heteroatoms. The van der Waals surface area contributed by atoms with Crippen LogP contribution >= 0.6 is 0 Å². The van der Waals surface area contributed by atoms with Gasteiger partial charge in [0.1, 0.15) is 5.75 Å². The van der Waals surface area contributed by atoms with Crippen molar-refractivity contribution in [2.45, 2.75) is 26.7 Å². The fourth-order valence-corrected chi connectivity index (χ4v) is 1.71. The summed E-state index contributed by atoms with van der Waals surface area (Å²) in [4.78, 5) is 11.9. The molecule has 0 aliphatic carbocycles. The quantitative estimate of drug-likeness (QED) is 0.583. The Labute approximate surface area is 103 Å². The summed E-state index contributed by atoms with van der Waals surface area (Å²) in [5.41, 5.74) is 1.80. The van der Waals surface area contributed by atoms with Gasteiger partial charge in [-0.25, -0.2) is 0 Å². The van der Waals surface area contributed by atoms with Gasteiger partial charge in [-0.3, -0.25) is 4.79 Å². The topological polar surface area (TPSA) is 38.3 Å². The predicted molar refractivity (Wildman–Crippen MR) is 69.8 cm³/mol. The van der Waals surface area contributed by atoms with E-state index in [2.05, 4.69) is 5.32 Å². The van der Waals surface area contributed by atoms with Crippen molar-refractivity contribution in [2.24, 2.45) is 0 Å². The Bertz CT molecular complexity index is 374. The minimum Gasteiger partial charge on any atom is -0.494 e. The first-order valence-electron chi connectivity index (χ1n) is 6.10. The van der Waals surface area contributed by atoms with Crippen LogP contribution in [0.2, 0.25) is 0 Å². The molecule has 0 aliphatic heterocycles. The lowest BCUT2D eigenvalue weighted by Gasteiger charge is -2.08. The molecule has 0 saturated heterocycles. The monoisotopic (exact) mass is 235 g/mol. The molecule has 0 aromatic heterocycles. The second kappa shape index (κ2) is 7.07. The van der Waals surface area contributed by atoms with Crippen LogP contribution in [0.15, 0.2) is 18.2 Å². The van der Waals surface area contributed by atoms with E-state index in [1.54, 1.807) is 0 Å². The molecule has 0 atom stereocenters. The highest BCUT2D eigenvalue weighted by Gasteiger charge is 2.07. The van der Waals surface area contributed by atoms with E-state index in [1.165, 1.54) is 0 Å². The van der Waals surface area contributed by atoms with E-state index in [0.717, 1.165) is 29.8 Å². The average molecular weight is 235 g/mol. The Balaban J connectivity index is 2.65. The van der Waals surface area contributed by atoms with Crippen LogP contribution in [0.3, 0.4) is 0 Å². The molecule has 1 aromatic carbocycles. The maximum atomic E-state index is 11.9. The van der Waals surface area contributed by atoms with E-state index in [4.69, 9.17) is 4.74 Å². The van der Waals surface area contributed by atoms with Gasteiger partial charge in [0.15, 0.2) is 5.78 Å². The third-order valence-electron chi connectivity index (χ3n) is 2.63. The zero-order chi connectivity index (χ0) is 12.7. The molecule has 0 bridgehead atoms. The van der Waals surface area contributed by atoms with Crippen molar-refractivity contribution in [3.8, 4) is 5.75 Å². The third-order valence-corrected chi connectivity index (χ3v) is 2.63. The highest BCUT2D eigenvalue weighted by Crippen LogP contribution is 2.20. The van der Waals surface area contributed by atoms with Gasteiger partial charge in [0.25, 0.3) is 0 Å². The minimum atomic E-state index is 0.200. The first-order valence-corrected chi connectivity index (χ1v) is 6.10. The molecule has 0 radical (unpaired) electrons. The molecule has 94 valence electrons. The summed E-state index contributed by atoms with van der Waals surface area (Å²) >= 11 is 0. The normalized spacial score (nSPS) is 10.3. The molecule has 17 heavy (non-hydrogen) atoms. The maximum absolute atomic E-state index is 11.9. The number of hydrogen-bond acceptors (Lipinski definition) is 3. The lowest BCUT2D eigenvalue weighted by molar-refractivity contribution is 0.0980. The number of hydrogen-bond donors (Lipinski definition) is 1. The van der Waals surface area contributed by atoms with Gasteiger partial charge in [-0.2, -0.15) is 0 Å². The van der Waals surface area contributed by atoms with E-state index in [1.807, 2.05) is 39.1 Å². The van der Waals surface area contributed by atoms with E-state index < -0.39 is 0 Å². The summed E-state index contributed by atoms with van der Waals surface area (Å²) in [5, 5.41) is 3.04. The van der Waals surface area contributed by atoms with Gasteiger partial charge in [0.05, 0.1) is 6.61 Å². The summed E-state index contributed by atoms with van der Waals surface area (Å²) < 4.78 is 5.45. The van der Waals surface area contributed by atoms with Gasteiger partial charge in [0.2, 0.25) is 0 Å². The number of Topliss-reactive ketones (excluding diaryl/α,β-unsaturated/α-hetero) is 1. The van der Waals surface area contributed by atoms with Crippen LogP contribution in [0.4, 0.5) is 0 Å². The van der Waals surface area contributed by atoms with Crippen molar-refractivity contribution in [3.63, 3.8) is 0 Å². The third kappa shape index (κ3) is 4.19. The molecule has 1 N–H and O–H groups in total. The van der Waals surface area contributed by atoms with Gasteiger partial charge < -0.3 is 10.1 Å². The Morgan fingerprint density at radius 1 is 1.41 bits per heavy atom. The highest BCUT2D eigenvalue weighted by atomic mass is 16.5. The molecule has 0 aliphatic rings. The zero-order valence-electron chi connectivity index (χ0n) is 10.9. The van der Waals surface area contributed by atoms with Gasteiger partial charge in [0, 0.05) is 12.0 Å². The van der Waals surface area contributed by atoms with Gasteiger partial charge >= 0.3 is 0 Å². The molecule has 1 rings (SSSR count). The predicted octanol–water partition coefficient (Wildman–Crippen LogP) is 2.58. The van der Waals surface area contributed by atoms with Crippen molar-refractivity contribution >= 4 is 5.78 Å². The second-order valence-electron chi connectivity index (χ2n) is 4.04. The largest absolute Gasteiger partial charge is 0.494 e. The highest BCUT2D eigenvalue weighted by molar-refractivity contribution is 5.96. The van der Waals surface area contributed by atoms with Crippen molar-refractivity contribution in [2.75, 3.05) is 20.2 Å². The van der Waals surface area contributed by atoms with Crippen LogP contribution in [0.1, 0.15) is 35.7 Å². The molecule has 0 fully saturated rings. The van der Waals surface area contributed by atoms with E-state index in [0.29, 0.717) is 13.0 Å². The van der Waals surface area contributed by atoms with Crippen LogP contribution < -0.4 is 10.1 Å². The minimum absolute atomic E-state index is 0.200. The first kappa shape index (κ1) is 13.7. The standard InChI is InChI=1S/C14H21NO2/c1-4-17-14-8-7-12(10-11(14)2)13(16)6-5-9-15-3/h7-8,10,15H,4-6,9H2,1-3H3. The van der Waals surface area contributed by atoms with E-state index in [9.17, 15) is 4.79 Å². The van der Waals surface area contributed by atoms with Gasteiger partial charge in [-0.05, 0) is 57.6 Å². The molecular weight excluding hydrogens is 214 g/mol. The van der Waals surface area contributed by atoms with Crippen LogP contribution in [-0.2, 0) is 0 Å². The summed E-state index contributed by atoms with van der Waals surface area (Å²) in [6, 6.07) is 5.64. The Morgan fingerprint density at radius 2 is 2.18 bits per heavy atom.